The highest BCUT2D eigenvalue weighted by molar-refractivity contribution is 7.81. The summed E-state index contributed by atoms with van der Waals surface area (Å²) < 4.78 is 3.83. The Labute approximate surface area is 756 Å². The van der Waals surface area contributed by atoms with Gasteiger partial charge in [0.1, 0.15) is 84.9 Å². The lowest BCUT2D eigenvalue weighted by atomic mass is 9.97. The summed E-state index contributed by atoms with van der Waals surface area (Å²) in [5.41, 5.74) is 25.7. The number of aliphatic carboxylic acids is 1. The molecule has 4 aromatic carbocycles. The lowest BCUT2D eigenvalue weighted by molar-refractivity contribution is -0.141. The number of aromatic amines is 2. The van der Waals surface area contributed by atoms with Crippen molar-refractivity contribution in [1.82, 2.24) is 89.7 Å². The molecule has 28 N–H and O–H groups in total. The summed E-state index contributed by atoms with van der Waals surface area (Å²) in [6.07, 6.45) is 2.97. The quantitative estimate of drug-likeness (QED) is 0.00813. The standard InChI is InChI=1S/C86H122N22O19S2/c1-47(2)71(107-81(123)65(40-53-43-95-58-24-13-11-22-56(53)58)103-80(122)66(41-70(113)114)104-82(124)67(46-128)106-74(116)48(3)97-49(4)109)83(125)108-72(86(5,6)129)84(126)105-63(38-51-28-30-54(110)31-29-51)78(120)102-64(39-52-42-94-57-23-12-10-21-55(52)57)79(121)100-61(27-18-34-93-85(90)91)76(118)99-60(26-15-17-33-88)77(119)101-62(37-50-19-8-7-9-20-50)75(117)96-44-68(111)92-35-36-127-45-69(112)98-59(73(89)115)25-14-16-32-87/h7-13,19-24,28-31,42-43,47-48,59-67,71-72,94-95,110,128-129H,14-18,25-27,32-41,44-46,87-88H2,1-6H3,(H2,89,115)(H,92,111)(H,96,117)(H,97,109)(H,98,112)(H,99,118)(H,100,121)(H,101,119)(H,102,120)(H,103,122)(H,104,124)(H,105,126)(H,106,116)(H,107,123)(H,108,125)(H,113,114)(H4,90,91,93)/t48-,59+,60-,61-,62-,63-,64-,65-,66-,67-,71-,72+/m0/s1. The van der Waals surface area contributed by atoms with E-state index >= 15 is 24.0 Å². The van der Waals surface area contributed by atoms with Gasteiger partial charge in [-0.05, 0) is 138 Å². The van der Waals surface area contributed by atoms with Crippen molar-refractivity contribution in [2.75, 3.05) is 51.7 Å². The largest absolute Gasteiger partial charge is 0.508 e. The minimum Gasteiger partial charge on any atom is -0.508 e. The number of carboxylic acid groups (broad SMARTS) is 1. The molecule has 2 aromatic heterocycles. The van der Waals surface area contributed by atoms with Gasteiger partial charge in [-0.15, -0.1) is 0 Å². The van der Waals surface area contributed by atoms with E-state index in [0.29, 0.717) is 69.9 Å². The molecule has 12 atom stereocenters. The number of thiol groups is 2. The molecule has 2 heterocycles. The third-order valence-corrected chi connectivity index (χ3v) is 21.2. The number of phenols is 1. The lowest BCUT2D eigenvalue weighted by Gasteiger charge is -2.33. The van der Waals surface area contributed by atoms with Crippen LogP contribution in [0.2, 0.25) is 0 Å². The normalized spacial score (nSPS) is 14.1. The number of ether oxygens (including phenoxy) is 1. The number of aromatic nitrogens is 2. The van der Waals surface area contributed by atoms with Crippen molar-refractivity contribution in [2.24, 2.45) is 28.9 Å². The summed E-state index contributed by atoms with van der Waals surface area (Å²) in [4.78, 5) is 229. The minimum absolute atomic E-state index is 0.000709. The number of amides is 15. The van der Waals surface area contributed by atoms with Crippen LogP contribution < -0.4 is 103 Å². The van der Waals surface area contributed by atoms with Crippen molar-refractivity contribution in [1.29, 1.82) is 5.41 Å². The van der Waals surface area contributed by atoms with Gasteiger partial charge in [-0.25, -0.2) is 0 Å². The first-order valence-electron chi connectivity index (χ1n) is 42.3. The smallest absolute Gasteiger partial charge is 0.305 e. The topological polar surface area (TPSA) is 663 Å². The summed E-state index contributed by atoms with van der Waals surface area (Å²) in [5, 5.41) is 68.6. The van der Waals surface area contributed by atoms with Crippen LogP contribution in [0.5, 0.6) is 5.75 Å². The van der Waals surface area contributed by atoms with E-state index in [2.05, 4.69) is 102 Å². The molecule has 129 heavy (non-hydrogen) atoms. The average Bonchev–Trinajstić information content (AvgIpc) is 1.62. The van der Waals surface area contributed by atoms with Gasteiger partial charge in [-0.1, -0.05) is 92.7 Å². The molecule has 0 aliphatic heterocycles. The number of fused-ring (bicyclic) bond motifs is 2. The number of aromatic hydroxyl groups is 1. The van der Waals surface area contributed by atoms with Gasteiger partial charge in [0, 0.05) is 90.4 Å². The van der Waals surface area contributed by atoms with E-state index in [0.717, 1.165) is 0 Å². The Kier molecular flexibility index (Phi) is 43.1. The van der Waals surface area contributed by atoms with Crippen LogP contribution in [0.15, 0.2) is 116 Å². The molecule has 0 fully saturated rings. The zero-order valence-electron chi connectivity index (χ0n) is 72.9. The Morgan fingerprint density at radius 3 is 1.42 bits per heavy atom. The fourth-order valence-corrected chi connectivity index (χ4v) is 14.1. The predicted molar refractivity (Wildman–Crippen MR) is 485 cm³/mol. The average molecular weight is 1830 g/mol. The second-order valence-corrected chi connectivity index (χ2v) is 33.4. The molecule has 0 aliphatic carbocycles. The fraction of sp³-hybridized carbons (Fsp3) is 0.477. The number of H-pyrrole nitrogens is 2. The molecule has 702 valence electrons. The summed E-state index contributed by atoms with van der Waals surface area (Å²) in [5.74, 6) is -16.5. The Morgan fingerprint density at radius 1 is 0.465 bits per heavy atom. The van der Waals surface area contributed by atoms with E-state index in [1.807, 2.05) is 0 Å². The second-order valence-electron chi connectivity index (χ2n) is 31.9. The number of nitrogens with two attached hydrogens (primary N) is 4. The van der Waals surface area contributed by atoms with Gasteiger partial charge in [0.25, 0.3) is 0 Å². The second kappa shape index (κ2) is 53.1. The number of unbranched alkanes of at least 4 members (excludes halogenated alkanes) is 2. The number of phenolic OH excluding ortho intramolecular Hbond substituents is 1. The Hall–Kier alpha value is -12.9. The van der Waals surface area contributed by atoms with Gasteiger partial charge in [-0.3, -0.25) is 82.1 Å². The highest BCUT2D eigenvalue weighted by Gasteiger charge is 2.42. The van der Waals surface area contributed by atoms with Crippen molar-refractivity contribution < 1.29 is 91.7 Å². The number of guanidine groups is 1. The van der Waals surface area contributed by atoms with Crippen LogP contribution in [0, 0.1) is 11.3 Å². The van der Waals surface area contributed by atoms with E-state index in [4.69, 9.17) is 45.7 Å². The van der Waals surface area contributed by atoms with E-state index in [9.17, 15) is 63.0 Å². The summed E-state index contributed by atoms with van der Waals surface area (Å²) in [7, 11) is 0. The number of primary amides is 1. The van der Waals surface area contributed by atoms with Gasteiger partial charge >= 0.3 is 5.97 Å². The molecular weight excluding hydrogens is 1710 g/mol. The third-order valence-electron chi connectivity index (χ3n) is 20.6. The third kappa shape index (κ3) is 35.7. The van der Waals surface area contributed by atoms with Crippen LogP contribution in [-0.4, -0.2) is 250 Å². The number of rotatable bonds is 56. The number of carboxylic acids is 1. The van der Waals surface area contributed by atoms with Crippen LogP contribution in [-0.2, 0) is 107 Å². The molecule has 0 radical (unpaired) electrons. The maximum absolute atomic E-state index is 15.5. The molecule has 0 spiro atoms. The fourth-order valence-electron chi connectivity index (χ4n) is 13.7. The molecular formula is C86H122N22O19S2. The van der Waals surface area contributed by atoms with Gasteiger partial charge in [0.15, 0.2) is 5.96 Å². The van der Waals surface area contributed by atoms with Crippen molar-refractivity contribution in [2.45, 2.75) is 202 Å². The lowest BCUT2D eigenvalue weighted by Crippen LogP contribution is -2.64. The number of nitrogens with one attached hydrogen (secondary N) is 18. The Morgan fingerprint density at radius 2 is 0.915 bits per heavy atom. The van der Waals surface area contributed by atoms with E-state index < -0.39 is 203 Å². The number of carbonyl (C=O) groups is 16. The molecule has 43 heteroatoms. The first kappa shape index (κ1) is 105. The van der Waals surface area contributed by atoms with Crippen LogP contribution in [0.4, 0.5) is 0 Å². The molecule has 0 aliphatic rings. The van der Waals surface area contributed by atoms with Crippen LogP contribution in [0.3, 0.4) is 0 Å². The van der Waals surface area contributed by atoms with Crippen molar-refractivity contribution in [3.8, 4) is 5.75 Å². The summed E-state index contributed by atoms with van der Waals surface area (Å²) in [6, 6.07) is 10.2. The Balaban J connectivity index is 1.27. The van der Waals surface area contributed by atoms with Crippen molar-refractivity contribution in [3.63, 3.8) is 0 Å². The van der Waals surface area contributed by atoms with Gasteiger partial charge in [-0.2, -0.15) is 25.3 Å². The molecule has 15 amide bonds. The molecule has 0 saturated carbocycles. The first-order chi connectivity index (χ1) is 61.3. The molecule has 6 aromatic rings. The minimum atomic E-state index is -1.90. The van der Waals surface area contributed by atoms with Crippen molar-refractivity contribution >= 4 is 148 Å². The zero-order chi connectivity index (χ0) is 95.0. The monoisotopic (exact) mass is 1830 g/mol. The molecule has 0 saturated heterocycles. The SMILES string of the molecule is CC(=O)N[C@@H](C)C(=O)N[C@@H](CS)C(=O)N[C@@H](CC(=O)O)C(=O)N[C@@H](Cc1c[nH]c2ccccc12)C(=O)N[C@H](C(=O)N[C@H](C(=O)N[C@@H](Cc1ccc(O)cc1)C(=O)N[C@@H](Cc1c[nH]c2ccccc12)C(=O)N[C@@H](CCCNC(=N)N)C(=O)N[C@@H](CCCCN)C(=O)N[C@@H](Cc1ccccc1)C(=O)NCC(=O)NCCOCC(=O)N[C@H](CCCCN)C(N)=O)C(C)(C)S)C(C)C. The van der Waals surface area contributed by atoms with Crippen LogP contribution in [0.1, 0.15) is 122 Å². The molecule has 0 bridgehead atoms. The van der Waals surface area contributed by atoms with Gasteiger partial charge in [0.05, 0.1) is 19.6 Å². The Bertz CT molecular complexity index is 4840. The van der Waals surface area contributed by atoms with Crippen LogP contribution >= 0.6 is 25.3 Å². The van der Waals surface area contributed by atoms with E-state index in [1.165, 1.54) is 52.0 Å². The highest BCUT2D eigenvalue weighted by Crippen LogP contribution is 2.24. The maximum atomic E-state index is 15.5. The van der Waals surface area contributed by atoms with E-state index in [-0.39, 0.29) is 95.5 Å². The maximum Gasteiger partial charge on any atom is 0.305 e. The number of benzene rings is 4. The molecule has 0 unspecified atom stereocenters. The zero-order valence-corrected chi connectivity index (χ0v) is 74.7. The highest BCUT2D eigenvalue weighted by atomic mass is 32.1. The number of hydrogen-bond donors (Lipinski definition) is 26. The first-order valence-corrected chi connectivity index (χ1v) is 43.3. The molecule has 6 rings (SSSR count). The molecule has 41 nitrogen and oxygen atoms in total. The number of para-hydroxylation sites is 2. The number of hydrogen-bond acceptors (Lipinski definition) is 23. The van der Waals surface area contributed by atoms with Crippen molar-refractivity contribution in [3.05, 3.63) is 138 Å². The van der Waals surface area contributed by atoms with Crippen LogP contribution in [0.25, 0.3) is 21.8 Å². The predicted octanol–water partition coefficient (Wildman–Crippen LogP) is -2.49. The number of carbonyl (C=O) groups excluding carboxylic acids is 15. The summed E-state index contributed by atoms with van der Waals surface area (Å²) >= 11 is 8.93. The van der Waals surface area contributed by atoms with E-state index in [1.54, 1.807) is 105 Å². The van der Waals surface area contributed by atoms with Gasteiger partial charge < -0.3 is 128 Å². The van der Waals surface area contributed by atoms with Gasteiger partial charge in [0.2, 0.25) is 88.6 Å². The summed E-state index contributed by atoms with van der Waals surface area (Å²) in [6.45, 7) is 7.87.